The Morgan fingerprint density at radius 3 is 2.71 bits per heavy atom. The average molecular weight is 302 g/mol. The zero-order chi connectivity index (χ0) is 12.8. The van der Waals surface area contributed by atoms with Gasteiger partial charge in [0.05, 0.1) is 17.0 Å². The molecule has 6 heteroatoms. The highest BCUT2D eigenvalue weighted by atomic mass is 79.9. The third-order valence-electron chi connectivity index (χ3n) is 1.80. The monoisotopic (exact) mass is 301 g/mol. The number of carboxylic acids is 1. The van der Waals surface area contributed by atoms with Crippen molar-refractivity contribution in [3.05, 3.63) is 22.2 Å². The molecule has 0 aliphatic carbocycles. The SMILES string of the molecule is CCOc1cc(C=O)cc(Br)c1OCC(=O)[O-]. The maximum absolute atomic E-state index is 10.7. The molecule has 0 aromatic heterocycles. The van der Waals surface area contributed by atoms with Crippen LogP contribution in [0.3, 0.4) is 0 Å². The maximum Gasteiger partial charge on any atom is 0.175 e. The van der Waals surface area contributed by atoms with E-state index in [1.54, 1.807) is 6.92 Å². The molecule has 0 fully saturated rings. The van der Waals surface area contributed by atoms with E-state index in [2.05, 4.69) is 15.9 Å². The Kier molecular flexibility index (Phi) is 4.96. The third kappa shape index (κ3) is 3.74. The van der Waals surface area contributed by atoms with E-state index in [0.717, 1.165) is 0 Å². The van der Waals surface area contributed by atoms with Gasteiger partial charge < -0.3 is 19.4 Å². The average Bonchev–Trinajstić information content (AvgIpc) is 2.27. The van der Waals surface area contributed by atoms with Crippen LogP contribution in [0, 0.1) is 0 Å². The first-order valence-electron chi connectivity index (χ1n) is 4.82. The van der Waals surface area contributed by atoms with Gasteiger partial charge >= 0.3 is 0 Å². The molecule has 0 bridgehead atoms. The van der Waals surface area contributed by atoms with Crippen LogP contribution in [0.2, 0.25) is 0 Å². The lowest BCUT2D eigenvalue weighted by Crippen LogP contribution is -2.29. The predicted octanol–water partition coefficient (Wildman–Crippen LogP) is 0.789. The summed E-state index contributed by atoms with van der Waals surface area (Å²) >= 11 is 3.18. The van der Waals surface area contributed by atoms with Gasteiger partial charge in [-0.3, -0.25) is 4.79 Å². The van der Waals surface area contributed by atoms with Crippen LogP contribution in [0.1, 0.15) is 17.3 Å². The molecule has 0 saturated heterocycles. The first kappa shape index (κ1) is 13.5. The minimum Gasteiger partial charge on any atom is -0.546 e. The number of rotatable bonds is 6. The summed E-state index contributed by atoms with van der Waals surface area (Å²) in [4.78, 5) is 21.0. The van der Waals surface area contributed by atoms with Gasteiger partial charge in [-0.05, 0) is 35.0 Å². The normalized spacial score (nSPS) is 9.76. The quantitative estimate of drug-likeness (QED) is 0.726. The van der Waals surface area contributed by atoms with E-state index in [-0.39, 0.29) is 5.75 Å². The first-order chi connectivity index (χ1) is 8.08. The van der Waals surface area contributed by atoms with E-state index >= 15 is 0 Å². The topological polar surface area (TPSA) is 75.7 Å². The van der Waals surface area contributed by atoms with Crippen molar-refractivity contribution in [3.8, 4) is 11.5 Å². The lowest BCUT2D eigenvalue weighted by atomic mass is 10.2. The van der Waals surface area contributed by atoms with Crippen molar-refractivity contribution < 1.29 is 24.2 Å². The number of halogens is 1. The molecule has 1 rings (SSSR count). The van der Waals surface area contributed by atoms with Gasteiger partial charge in [0.2, 0.25) is 0 Å². The van der Waals surface area contributed by atoms with Gasteiger partial charge in [0.15, 0.2) is 11.5 Å². The molecule has 17 heavy (non-hydrogen) atoms. The second kappa shape index (κ2) is 6.24. The zero-order valence-corrected chi connectivity index (χ0v) is 10.7. The van der Waals surface area contributed by atoms with Crippen LogP contribution >= 0.6 is 15.9 Å². The molecule has 1 aromatic rings. The molecule has 0 saturated carbocycles. The number of carbonyl (C=O) groups excluding carboxylic acids is 2. The summed E-state index contributed by atoms with van der Waals surface area (Å²) in [5.74, 6) is -0.786. The number of ether oxygens (including phenoxy) is 2. The Bertz CT molecular complexity index is 430. The van der Waals surface area contributed by atoms with Gasteiger partial charge in [-0.2, -0.15) is 0 Å². The van der Waals surface area contributed by atoms with E-state index < -0.39 is 12.6 Å². The van der Waals surface area contributed by atoms with Crippen molar-refractivity contribution in [2.75, 3.05) is 13.2 Å². The Morgan fingerprint density at radius 1 is 1.47 bits per heavy atom. The fourth-order valence-corrected chi connectivity index (χ4v) is 1.76. The van der Waals surface area contributed by atoms with Crippen molar-refractivity contribution >= 4 is 28.2 Å². The molecule has 5 nitrogen and oxygen atoms in total. The number of hydrogen-bond donors (Lipinski definition) is 0. The van der Waals surface area contributed by atoms with Crippen molar-refractivity contribution in [2.24, 2.45) is 0 Å². The summed E-state index contributed by atoms with van der Waals surface area (Å²) < 4.78 is 10.7. The second-order valence-electron chi connectivity index (χ2n) is 3.04. The van der Waals surface area contributed by atoms with Crippen LogP contribution in [0.5, 0.6) is 11.5 Å². The standard InChI is InChI=1S/C11H11BrO5/c1-2-16-9-4-7(5-13)3-8(12)11(9)17-6-10(14)15/h3-5H,2,6H2,1H3,(H,14,15)/p-1. The summed E-state index contributed by atoms with van der Waals surface area (Å²) in [6.45, 7) is 1.56. The number of carboxylic acid groups (broad SMARTS) is 1. The van der Waals surface area contributed by atoms with Gasteiger partial charge in [-0.15, -0.1) is 0 Å². The number of aliphatic carboxylic acids is 1. The highest BCUT2D eigenvalue weighted by molar-refractivity contribution is 9.10. The molecule has 0 unspecified atom stereocenters. The summed E-state index contributed by atoms with van der Waals surface area (Å²) in [6, 6.07) is 2.99. The van der Waals surface area contributed by atoms with Gasteiger partial charge in [-0.25, -0.2) is 0 Å². The molecule has 1 aromatic carbocycles. The van der Waals surface area contributed by atoms with Crippen LogP contribution in [-0.2, 0) is 4.79 Å². The molecule has 0 aliphatic heterocycles. The highest BCUT2D eigenvalue weighted by Gasteiger charge is 2.12. The van der Waals surface area contributed by atoms with E-state index in [1.165, 1.54) is 12.1 Å². The van der Waals surface area contributed by atoms with Crippen LogP contribution in [-0.4, -0.2) is 25.5 Å². The summed E-state index contributed by atoms with van der Waals surface area (Å²) in [7, 11) is 0. The molecular formula is C11H10BrO5-. The molecule has 0 amide bonds. The molecule has 0 radical (unpaired) electrons. The Labute approximate surface area is 106 Å². The Balaban J connectivity index is 3.06. The number of hydrogen-bond acceptors (Lipinski definition) is 5. The molecule has 0 heterocycles. The van der Waals surface area contributed by atoms with E-state index in [0.29, 0.717) is 28.7 Å². The second-order valence-corrected chi connectivity index (χ2v) is 3.90. The third-order valence-corrected chi connectivity index (χ3v) is 2.39. The van der Waals surface area contributed by atoms with Crippen LogP contribution in [0.15, 0.2) is 16.6 Å². The lowest BCUT2D eigenvalue weighted by molar-refractivity contribution is -0.307. The molecular weight excluding hydrogens is 292 g/mol. The minimum absolute atomic E-state index is 0.238. The van der Waals surface area contributed by atoms with E-state index in [1.807, 2.05) is 0 Å². The van der Waals surface area contributed by atoms with Crippen molar-refractivity contribution in [3.63, 3.8) is 0 Å². The molecule has 92 valence electrons. The Hall–Kier alpha value is -1.56. The van der Waals surface area contributed by atoms with Crippen molar-refractivity contribution in [1.29, 1.82) is 0 Å². The number of aldehydes is 1. The smallest absolute Gasteiger partial charge is 0.175 e. The molecule has 0 spiro atoms. The molecule has 0 N–H and O–H groups in total. The van der Waals surface area contributed by atoms with Gasteiger partial charge in [-0.1, -0.05) is 0 Å². The molecule has 0 atom stereocenters. The maximum atomic E-state index is 10.7. The summed E-state index contributed by atoms with van der Waals surface area (Å²) in [6.07, 6.45) is 0.663. The fraction of sp³-hybridized carbons (Fsp3) is 0.273. The summed E-state index contributed by atoms with van der Waals surface area (Å²) in [5, 5.41) is 10.3. The minimum atomic E-state index is -1.33. The largest absolute Gasteiger partial charge is 0.546 e. The van der Waals surface area contributed by atoms with Crippen molar-refractivity contribution in [1.82, 2.24) is 0 Å². The van der Waals surface area contributed by atoms with E-state index in [9.17, 15) is 14.7 Å². The predicted molar refractivity (Wildman–Crippen MR) is 61.2 cm³/mol. The summed E-state index contributed by atoms with van der Waals surface area (Å²) in [5.41, 5.74) is 0.404. The van der Waals surface area contributed by atoms with Crippen LogP contribution < -0.4 is 14.6 Å². The zero-order valence-electron chi connectivity index (χ0n) is 9.07. The van der Waals surface area contributed by atoms with Crippen molar-refractivity contribution in [2.45, 2.75) is 6.92 Å². The van der Waals surface area contributed by atoms with Gasteiger partial charge in [0, 0.05) is 5.56 Å². The van der Waals surface area contributed by atoms with Crippen LogP contribution in [0.4, 0.5) is 0 Å². The number of carbonyl (C=O) groups is 2. The first-order valence-corrected chi connectivity index (χ1v) is 5.62. The van der Waals surface area contributed by atoms with Gasteiger partial charge in [0.25, 0.3) is 0 Å². The number of benzene rings is 1. The molecule has 0 aliphatic rings. The van der Waals surface area contributed by atoms with Gasteiger partial charge in [0.1, 0.15) is 12.9 Å². The van der Waals surface area contributed by atoms with E-state index in [4.69, 9.17) is 9.47 Å². The lowest BCUT2D eigenvalue weighted by Gasteiger charge is -2.14. The highest BCUT2D eigenvalue weighted by Crippen LogP contribution is 2.36. The fourth-order valence-electron chi connectivity index (χ4n) is 1.19. The van der Waals surface area contributed by atoms with Crippen LogP contribution in [0.25, 0.3) is 0 Å². The Morgan fingerprint density at radius 2 is 2.18 bits per heavy atom.